The van der Waals surface area contributed by atoms with E-state index < -0.39 is 0 Å². The van der Waals surface area contributed by atoms with Crippen molar-refractivity contribution in [3.8, 4) is 0 Å². The zero-order valence-electron chi connectivity index (χ0n) is 13.1. The molecular weight excluding hydrogens is 264 g/mol. The summed E-state index contributed by atoms with van der Waals surface area (Å²) in [6.45, 7) is 7.70. The topological polar surface area (TPSA) is 49.4 Å². The number of ketones is 1. The normalized spacial score (nSPS) is 20.8. The van der Waals surface area contributed by atoms with Gasteiger partial charge in [0.15, 0.2) is 5.78 Å². The lowest BCUT2D eigenvalue weighted by Crippen LogP contribution is -2.44. The molecule has 4 heteroatoms. The Morgan fingerprint density at radius 1 is 1.29 bits per heavy atom. The Kier molecular flexibility index (Phi) is 5.12. The molecule has 0 radical (unpaired) electrons. The number of piperidine rings is 1. The molecule has 0 spiro atoms. The molecule has 1 aromatic rings. The van der Waals surface area contributed by atoms with Gasteiger partial charge in [0.05, 0.1) is 6.04 Å². The first-order chi connectivity index (χ1) is 9.97. The van der Waals surface area contributed by atoms with Crippen LogP contribution in [0.2, 0.25) is 0 Å². The average molecular weight is 288 g/mol. The van der Waals surface area contributed by atoms with E-state index in [1.165, 1.54) is 19.8 Å². The summed E-state index contributed by atoms with van der Waals surface area (Å²) in [5.74, 6) is 0.708. The van der Waals surface area contributed by atoms with Gasteiger partial charge in [-0.15, -0.1) is 0 Å². The lowest BCUT2D eigenvalue weighted by atomic mass is 9.96. The van der Waals surface area contributed by atoms with Gasteiger partial charge in [0.1, 0.15) is 0 Å². The molecule has 0 aromatic heterocycles. The number of hydrogen-bond donors (Lipinski definition) is 1. The van der Waals surface area contributed by atoms with Crippen molar-refractivity contribution in [1.82, 2.24) is 4.90 Å². The number of nitrogens with zero attached hydrogens (tertiary/aromatic N) is 1. The molecule has 2 rings (SSSR count). The highest BCUT2D eigenvalue weighted by atomic mass is 16.1. The molecule has 0 bridgehead atoms. The van der Waals surface area contributed by atoms with E-state index in [-0.39, 0.29) is 17.7 Å². The van der Waals surface area contributed by atoms with Crippen LogP contribution in [-0.2, 0) is 4.79 Å². The SMILES string of the molecule is CC(=O)Nc1ccc(C(=O)C(C)N2CCCC(C)C2)cc1. The van der Waals surface area contributed by atoms with Crippen LogP contribution in [0.4, 0.5) is 5.69 Å². The largest absolute Gasteiger partial charge is 0.326 e. The molecule has 21 heavy (non-hydrogen) atoms. The number of Topliss-reactive ketones (excluding diaryl/α,β-unsaturated/α-hetero) is 1. The van der Waals surface area contributed by atoms with Crippen molar-refractivity contribution in [2.75, 3.05) is 18.4 Å². The second-order valence-electron chi connectivity index (χ2n) is 6.04. The number of amides is 1. The van der Waals surface area contributed by atoms with E-state index in [4.69, 9.17) is 0 Å². The molecule has 2 atom stereocenters. The van der Waals surface area contributed by atoms with E-state index in [9.17, 15) is 9.59 Å². The Morgan fingerprint density at radius 3 is 2.52 bits per heavy atom. The van der Waals surface area contributed by atoms with E-state index in [2.05, 4.69) is 17.1 Å². The fraction of sp³-hybridized carbons (Fsp3) is 0.529. The van der Waals surface area contributed by atoms with Gasteiger partial charge in [-0.3, -0.25) is 14.5 Å². The molecule has 0 aliphatic carbocycles. The van der Waals surface area contributed by atoms with Crippen LogP contribution in [0.25, 0.3) is 0 Å². The highest BCUT2D eigenvalue weighted by Gasteiger charge is 2.26. The number of benzene rings is 1. The Bertz CT molecular complexity index is 510. The highest BCUT2D eigenvalue weighted by Crippen LogP contribution is 2.20. The van der Waals surface area contributed by atoms with Crippen LogP contribution in [0.3, 0.4) is 0 Å². The van der Waals surface area contributed by atoms with E-state index in [0.717, 1.165) is 18.8 Å². The van der Waals surface area contributed by atoms with Crippen molar-refractivity contribution >= 4 is 17.4 Å². The number of likely N-dealkylation sites (tertiary alicyclic amines) is 1. The minimum atomic E-state index is -0.107. The first kappa shape index (κ1) is 15.7. The van der Waals surface area contributed by atoms with Crippen molar-refractivity contribution in [2.24, 2.45) is 5.92 Å². The van der Waals surface area contributed by atoms with Crippen LogP contribution in [0.15, 0.2) is 24.3 Å². The van der Waals surface area contributed by atoms with E-state index in [1.807, 2.05) is 6.92 Å². The number of anilines is 1. The summed E-state index contributed by atoms with van der Waals surface area (Å²) < 4.78 is 0. The second-order valence-corrected chi connectivity index (χ2v) is 6.04. The maximum atomic E-state index is 12.6. The lowest BCUT2D eigenvalue weighted by molar-refractivity contribution is -0.114. The fourth-order valence-electron chi connectivity index (χ4n) is 2.91. The molecule has 1 amide bonds. The Morgan fingerprint density at radius 2 is 1.95 bits per heavy atom. The van der Waals surface area contributed by atoms with Gasteiger partial charge < -0.3 is 5.32 Å². The fourth-order valence-corrected chi connectivity index (χ4v) is 2.91. The van der Waals surface area contributed by atoms with Crippen molar-refractivity contribution < 1.29 is 9.59 Å². The van der Waals surface area contributed by atoms with Gasteiger partial charge in [-0.05, 0) is 56.5 Å². The molecular formula is C17H24N2O2. The molecule has 1 aliphatic rings. The molecule has 1 fully saturated rings. The first-order valence-electron chi connectivity index (χ1n) is 7.63. The summed E-state index contributed by atoms with van der Waals surface area (Å²) in [5.41, 5.74) is 1.42. The molecule has 1 saturated heterocycles. The summed E-state index contributed by atoms with van der Waals surface area (Å²) in [6, 6.07) is 7.05. The number of hydrogen-bond acceptors (Lipinski definition) is 3. The van der Waals surface area contributed by atoms with Gasteiger partial charge in [-0.2, -0.15) is 0 Å². The number of carbonyl (C=O) groups is 2. The Labute approximate surface area is 126 Å². The first-order valence-corrected chi connectivity index (χ1v) is 7.63. The predicted octanol–water partition coefficient (Wildman–Crippen LogP) is 2.95. The van der Waals surface area contributed by atoms with Gasteiger partial charge in [0, 0.05) is 24.7 Å². The molecule has 1 N–H and O–H groups in total. The summed E-state index contributed by atoms with van der Waals surface area (Å²) in [4.78, 5) is 25.8. The van der Waals surface area contributed by atoms with Gasteiger partial charge in [0.2, 0.25) is 5.91 Å². The zero-order chi connectivity index (χ0) is 15.4. The predicted molar refractivity (Wildman–Crippen MR) is 84.5 cm³/mol. The zero-order valence-corrected chi connectivity index (χ0v) is 13.1. The maximum absolute atomic E-state index is 12.6. The van der Waals surface area contributed by atoms with E-state index >= 15 is 0 Å². The molecule has 2 unspecified atom stereocenters. The molecule has 4 nitrogen and oxygen atoms in total. The standard InChI is InChI=1S/C17H24N2O2/c1-12-5-4-10-19(11-12)13(2)17(21)15-6-8-16(9-7-15)18-14(3)20/h6-9,12-13H,4-5,10-11H2,1-3H3,(H,18,20). The minimum absolute atomic E-state index is 0.0839. The lowest BCUT2D eigenvalue weighted by Gasteiger charge is -2.34. The van der Waals surface area contributed by atoms with Crippen LogP contribution in [0.1, 0.15) is 44.0 Å². The number of rotatable bonds is 4. The maximum Gasteiger partial charge on any atom is 0.221 e. The third-order valence-electron chi connectivity index (χ3n) is 4.11. The van der Waals surface area contributed by atoms with Gasteiger partial charge in [-0.25, -0.2) is 0 Å². The monoisotopic (exact) mass is 288 g/mol. The van der Waals surface area contributed by atoms with Crippen LogP contribution in [-0.4, -0.2) is 35.7 Å². The minimum Gasteiger partial charge on any atom is -0.326 e. The van der Waals surface area contributed by atoms with Crippen LogP contribution < -0.4 is 5.32 Å². The summed E-state index contributed by atoms with van der Waals surface area (Å²) >= 11 is 0. The molecule has 1 aromatic carbocycles. The average Bonchev–Trinajstić information content (AvgIpc) is 2.46. The third kappa shape index (κ3) is 4.14. The molecule has 114 valence electrons. The van der Waals surface area contributed by atoms with E-state index in [1.54, 1.807) is 24.3 Å². The van der Waals surface area contributed by atoms with Gasteiger partial charge in [-0.1, -0.05) is 6.92 Å². The molecule has 1 aliphatic heterocycles. The summed E-state index contributed by atoms with van der Waals surface area (Å²) in [7, 11) is 0. The van der Waals surface area contributed by atoms with Crippen LogP contribution in [0, 0.1) is 5.92 Å². The van der Waals surface area contributed by atoms with Crippen molar-refractivity contribution in [2.45, 2.75) is 39.7 Å². The number of nitrogens with one attached hydrogen (secondary N) is 1. The third-order valence-corrected chi connectivity index (χ3v) is 4.11. The molecule has 0 saturated carbocycles. The van der Waals surface area contributed by atoms with Crippen molar-refractivity contribution in [1.29, 1.82) is 0 Å². The summed E-state index contributed by atoms with van der Waals surface area (Å²) in [5, 5.41) is 2.71. The van der Waals surface area contributed by atoms with Crippen molar-refractivity contribution in [3.05, 3.63) is 29.8 Å². The summed E-state index contributed by atoms with van der Waals surface area (Å²) in [6.07, 6.45) is 2.42. The number of carbonyl (C=O) groups excluding carboxylic acids is 2. The second kappa shape index (κ2) is 6.85. The smallest absolute Gasteiger partial charge is 0.221 e. The Balaban J connectivity index is 2.03. The quantitative estimate of drug-likeness (QED) is 0.867. The van der Waals surface area contributed by atoms with E-state index in [0.29, 0.717) is 11.5 Å². The van der Waals surface area contributed by atoms with Crippen molar-refractivity contribution in [3.63, 3.8) is 0 Å². The van der Waals surface area contributed by atoms with Crippen LogP contribution in [0.5, 0.6) is 0 Å². The highest BCUT2D eigenvalue weighted by molar-refractivity contribution is 6.00. The Hall–Kier alpha value is -1.68. The molecule has 1 heterocycles. The van der Waals surface area contributed by atoms with Gasteiger partial charge >= 0.3 is 0 Å². The van der Waals surface area contributed by atoms with Gasteiger partial charge in [0.25, 0.3) is 0 Å². The van der Waals surface area contributed by atoms with Crippen LogP contribution >= 0.6 is 0 Å².